The molecule has 1 aliphatic carbocycles. The Kier molecular flexibility index (Phi) is 4.86. The lowest BCUT2D eigenvalue weighted by Gasteiger charge is -2.34. The molecule has 2 aromatic rings. The third-order valence-corrected chi connectivity index (χ3v) is 5.44. The summed E-state index contributed by atoms with van der Waals surface area (Å²) in [5.74, 6) is 1.53. The SMILES string of the molecule is Cn1ccnc(N2CCC[C@@H](Nc3ncnc4c3CCCCC4)C2)c1=O. The van der Waals surface area contributed by atoms with E-state index in [2.05, 4.69) is 25.2 Å². The van der Waals surface area contributed by atoms with E-state index < -0.39 is 0 Å². The van der Waals surface area contributed by atoms with Crippen LogP contribution in [0, 0.1) is 0 Å². The minimum absolute atomic E-state index is 0.0379. The van der Waals surface area contributed by atoms with Crippen molar-refractivity contribution in [3.63, 3.8) is 0 Å². The van der Waals surface area contributed by atoms with Gasteiger partial charge in [0.05, 0.1) is 0 Å². The Morgan fingerprint density at radius 3 is 2.92 bits per heavy atom. The number of anilines is 2. The van der Waals surface area contributed by atoms with Gasteiger partial charge in [0, 0.05) is 49.8 Å². The maximum Gasteiger partial charge on any atom is 0.293 e. The van der Waals surface area contributed by atoms with Crippen molar-refractivity contribution >= 4 is 11.6 Å². The van der Waals surface area contributed by atoms with Crippen molar-refractivity contribution in [3.05, 3.63) is 40.3 Å². The number of aromatic nitrogens is 4. The van der Waals surface area contributed by atoms with Crippen LogP contribution in [0.5, 0.6) is 0 Å². The number of hydrogen-bond acceptors (Lipinski definition) is 6. The average molecular weight is 354 g/mol. The van der Waals surface area contributed by atoms with Gasteiger partial charge < -0.3 is 14.8 Å². The fourth-order valence-corrected chi connectivity index (χ4v) is 4.00. The molecule has 0 unspecified atom stereocenters. The number of nitrogens with one attached hydrogen (secondary N) is 1. The molecule has 0 bridgehead atoms. The van der Waals surface area contributed by atoms with Crippen molar-refractivity contribution < 1.29 is 0 Å². The van der Waals surface area contributed by atoms with Gasteiger partial charge in [-0.2, -0.15) is 0 Å². The van der Waals surface area contributed by atoms with Crippen molar-refractivity contribution in [1.82, 2.24) is 19.5 Å². The summed E-state index contributed by atoms with van der Waals surface area (Å²) in [6.45, 7) is 1.64. The molecular formula is C19H26N6O. The summed E-state index contributed by atoms with van der Waals surface area (Å²) in [6.07, 6.45) is 13.0. The zero-order chi connectivity index (χ0) is 17.9. The Morgan fingerprint density at radius 2 is 2.00 bits per heavy atom. The first kappa shape index (κ1) is 17.0. The van der Waals surface area contributed by atoms with Gasteiger partial charge in [-0.25, -0.2) is 15.0 Å². The van der Waals surface area contributed by atoms with Gasteiger partial charge in [-0.15, -0.1) is 0 Å². The summed E-state index contributed by atoms with van der Waals surface area (Å²) in [4.78, 5) is 27.8. The first-order chi connectivity index (χ1) is 12.7. The molecular weight excluding hydrogens is 328 g/mol. The van der Waals surface area contributed by atoms with Gasteiger partial charge in [0.1, 0.15) is 12.1 Å². The molecule has 0 amide bonds. The highest BCUT2D eigenvalue weighted by atomic mass is 16.1. The lowest BCUT2D eigenvalue weighted by Crippen LogP contribution is -2.45. The van der Waals surface area contributed by atoms with Crippen LogP contribution in [0.15, 0.2) is 23.5 Å². The van der Waals surface area contributed by atoms with Gasteiger partial charge in [-0.3, -0.25) is 4.79 Å². The summed E-state index contributed by atoms with van der Waals surface area (Å²) in [5.41, 5.74) is 2.45. The van der Waals surface area contributed by atoms with E-state index in [-0.39, 0.29) is 11.6 Å². The van der Waals surface area contributed by atoms with E-state index in [1.54, 1.807) is 30.3 Å². The lowest BCUT2D eigenvalue weighted by molar-refractivity contribution is 0.522. The average Bonchev–Trinajstić information content (AvgIpc) is 2.91. The molecule has 138 valence electrons. The van der Waals surface area contributed by atoms with Crippen molar-refractivity contribution in [2.45, 2.75) is 51.0 Å². The van der Waals surface area contributed by atoms with E-state index in [4.69, 9.17) is 0 Å². The van der Waals surface area contributed by atoms with E-state index in [0.717, 1.165) is 44.6 Å². The molecule has 1 N–H and O–H groups in total. The molecule has 1 atom stereocenters. The predicted molar refractivity (Wildman–Crippen MR) is 102 cm³/mol. The highest BCUT2D eigenvalue weighted by Gasteiger charge is 2.24. The minimum Gasteiger partial charge on any atom is -0.365 e. The first-order valence-electron chi connectivity index (χ1n) is 9.58. The van der Waals surface area contributed by atoms with Crippen LogP contribution in [0.1, 0.15) is 43.4 Å². The van der Waals surface area contributed by atoms with Crippen molar-refractivity contribution in [2.24, 2.45) is 7.05 Å². The molecule has 4 rings (SSSR count). The van der Waals surface area contributed by atoms with E-state index in [0.29, 0.717) is 5.82 Å². The van der Waals surface area contributed by atoms with Crippen molar-refractivity contribution in [1.29, 1.82) is 0 Å². The molecule has 2 aliphatic rings. The van der Waals surface area contributed by atoms with E-state index >= 15 is 0 Å². The number of aryl methyl sites for hydroxylation is 2. The molecule has 2 aromatic heterocycles. The van der Waals surface area contributed by atoms with Crippen LogP contribution in [-0.4, -0.2) is 38.7 Å². The molecule has 7 heteroatoms. The highest BCUT2D eigenvalue weighted by molar-refractivity contribution is 5.48. The second-order valence-electron chi connectivity index (χ2n) is 7.30. The topological polar surface area (TPSA) is 75.9 Å². The molecule has 1 aliphatic heterocycles. The van der Waals surface area contributed by atoms with E-state index in [1.807, 2.05) is 0 Å². The molecule has 7 nitrogen and oxygen atoms in total. The zero-order valence-electron chi connectivity index (χ0n) is 15.3. The lowest BCUT2D eigenvalue weighted by atomic mass is 10.0. The van der Waals surface area contributed by atoms with Crippen molar-refractivity contribution in [2.75, 3.05) is 23.3 Å². The summed E-state index contributed by atoms with van der Waals surface area (Å²) < 4.78 is 1.59. The smallest absolute Gasteiger partial charge is 0.293 e. The largest absolute Gasteiger partial charge is 0.365 e. The van der Waals surface area contributed by atoms with Crippen LogP contribution in [0.4, 0.5) is 11.6 Å². The quantitative estimate of drug-likeness (QED) is 0.849. The molecule has 3 heterocycles. The molecule has 0 saturated carbocycles. The number of rotatable bonds is 3. The Hall–Kier alpha value is -2.44. The minimum atomic E-state index is -0.0379. The molecule has 0 spiro atoms. The van der Waals surface area contributed by atoms with Crippen LogP contribution in [0.25, 0.3) is 0 Å². The van der Waals surface area contributed by atoms with Gasteiger partial charge in [0.25, 0.3) is 5.56 Å². The van der Waals surface area contributed by atoms with Gasteiger partial charge in [0.15, 0.2) is 5.82 Å². The second-order valence-corrected chi connectivity index (χ2v) is 7.30. The van der Waals surface area contributed by atoms with Crippen LogP contribution in [0.2, 0.25) is 0 Å². The summed E-state index contributed by atoms with van der Waals surface area (Å²) in [5, 5.41) is 3.64. The van der Waals surface area contributed by atoms with Gasteiger partial charge in [-0.1, -0.05) is 6.42 Å². The third kappa shape index (κ3) is 3.43. The Morgan fingerprint density at radius 1 is 1.12 bits per heavy atom. The Labute approximate surface area is 153 Å². The Bertz CT molecular complexity index is 833. The van der Waals surface area contributed by atoms with E-state index in [1.165, 1.54) is 30.5 Å². The normalized spacial score (nSPS) is 20.3. The fraction of sp³-hybridized carbons (Fsp3) is 0.579. The Balaban J connectivity index is 1.53. The summed E-state index contributed by atoms with van der Waals surface area (Å²) >= 11 is 0. The van der Waals surface area contributed by atoms with Gasteiger partial charge in [-0.05, 0) is 38.5 Å². The van der Waals surface area contributed by atoms with Crippen LogP contribution in [0.3, 0.4) is 0 Å². The standard InChI is InChI=1S/C19H26N6O/c1-24-11-9-20-18(19(24)26)25-10-5-6-14(12-25)23-17-15-7-3-2-4-8-16(15)21-13-22-17/h9,11,13-14H,2-8,10,12H2,1H3,(H,21,22,23)/t14-/m1/s1. The maximum atomic E-state index is 12.4. The number of nitrogens with zero attached hydrogens (tertiary/aromatic N) is 5. The zero-order valence-corrected chi connectivity index (χ0v) is 15.3. The van der Waals surface area contributed by atoms with E-state index in [9.17, 15) is 4.79 Å². The molecule has 1 saturated heterocycles. The van der Waals surface area contributed by atoms with Crippen molar-refractivity contribution in [3.8, 4) is 0 Å². The maximum absolute atomic E-state index is 12.4. The third-order valence-electron chi connectivity index (χ3n) is 5.44. The molecule has 0 radical (unpaired) electrons. The van der Waals surface area contributed by atoms with Gasteiger partial charge in [0.2, 0.25) is 0 Å². The number of piperidine rings is 1. The number of hydrogen-bond donors (Lipinski definition) is 1. The second kappa shape index (κ2) is 7.43. The monoisotopic (exact) mass is 354 g/mol. The van der Waals surface area contributed by atoms with Gasteiger partial charge >= 0.3 is 0 Å². The number of fused-ring (bicyclic) bond motifs is 1. The predicted octanol–water partition coefficient (Wildman–Crippen LogP) is 1.92. The fourth-order valence-electron chi connectivity index (χ4n) is 4.00. The summed E-state index contributed by atoms with van der Waals surface area (Å²) in [6, 6.07) is 0.262. The van der Waals surface area contributed by atoms with Crippen LogP contribution in [-0.2, 0) is 19.9 Å². The molecule has 26 heavy (non-hydrogen) atoms. The highest BCUT2D eigenvalue weighted by Crippen LogP contribution is 2.26. The van der Waals surface area contributed by atoms with Crippen LogP contribution >= 0.6 is 0 Å². The van der Waals surface area contributed by atoms with Crippen LogP contribution < -0.4 is 15.8 Å². The first-order valence-corrected chi connectivity index (χ1v) is 9.58. The summed E-state index contributed by atoms with van der Waals surface area (Å²) in [7, 11) is 1.77. The molecule has 0 aromatic carbocycles. The molecule has 1 fully saturated rings.